The van der Waals surface area contributed by atoms with E-state index in [-0.39, 0.29) is 11.7 Å². The predicted octanol–water partition coefficient (Wildman–Crippen LogP) is 4.44. The predicted molar refractivity (Wildman–Crippen MR) is 148 cm³/mol. The average Bonchev–Trinajstić information content (AvgIpc) is 3.39. The molecule has 204 valence electrons. The van der Waals surface area contributed by atoms with E-state index in [2.05, 4.69) is 25.5 Å². The molecule has 0 bridgehead atoms. The molecular weight excluding hydrogens is 499 g/mol. The summed E-state index contributed by atoms with van der Waals surface area (Å²) < 4.78 is 26.6. The summed E-state index contributed by atoms with van der Waals surface area (Å²) in [7, 11) is 1.44. The number of nitrogens with zero attached hydrogens (tertiary/aromatic N) is 4. The van der Waals surface area contributed by atoms with E-state index in [9.17, 15) is 9.18 Å². The van der Waals surface area contributed by atoms with E-state index in [4.69, 9.17) is 9.47 Å². The number of hydrogen-bond donors (Lipinski definition) is 2. The molecule has 1 saturated heterocycles. The van der Waals surface area contributed by atoms with Gasteiger partial charge in [-0.25, -0.2) is 14.4 Å². The Bertz CT molecular complexity index is 1450. The average molecular weight is 533 g/mol. The number of imidazole rings is 1. The van der Waals surface area contributed by atoms with Crippen molar-refractivity contribution in [2.24, 2.45) is 0 Å². The molecule has 2 aromatic carbocycles. The molecule has 0 atom stereocenters. The van der Waals surface area contributed by atoms with Crippen LogP contribution in [0.3, 0.4) is 0 Å². The molecule has 2 N–H and O–H groups in total. The van der Waals surface area contributed by atoms with Crippen LogP contribution in [-0.2, 0) is 4.74 Å². The van der Waals surface area contributed by atoms with Crippen molar-refractivity contribution in [2.75, 3.05) is 51.8 Å². The van der Waals surface area contributed by atoms with Gasteiger partial charge in [0, 0.05) is 48.8 Å². The van der Waals surface area contributed by atoms with Gasteiger partial charge in [0.25, 0.3) is 5.91 Å². The molecule has 2 aromatic heterocycles. The van der Waals surface area contributed by atoms with Crippen LogP contribution >= 0.6 is 0 Å². The standard InChI is InChI=1S/C29H33FN6O3/c1-20-17-22(6-7-23(20)29(37)32-9-3-4-11-35-13-15-39-16-14-35)34-27-28-33-19-25(36(28)12-10-31-27)21-5-8-26(38-2)24(30)18-21/h5-8,10,12,17-19H,3-4,9,11,13-16H2,1-2H3,(H,31,34)(H,32,37). The minimum Gasteiger partial charge on any atom is -0.494 e. The number of morpholine rings is 1. The number of ether oxygens (including phenoxy) is 2. The zero-order valence-electron chi connectivity index (χ0n) is 22.2. The number of unbranched alkanes of at least 4 members (excludes halogenated alkanes) is 1. The number of fused-ring (bicyclic) bond motifs is 1. The van der Waals surface area contributed by atoms with Gasteiger partial charge in [-0.1, -0.05) is 0 Å². The maximum absolute atomic E-state index is 14.3. The fourth-order valence-electron chi connectivity index (χ4n) is 4.76. The Morgan fingerprint density at radius 2 is 1.97 bits per heavy atom. The van der Waals surface area contributed by atoms with Gasteiger partial charge in [-0.15, -0.1) is 0 Å². The second-order valence-corrected chi connectivity index (χ2v) is 9.53. The number of halogens is 1. The van der Waals surface area contributed by atoms with E-state index >= 15 is 0 Å². The fourth-order valence-corrected chi connectivity index (χ4v) is 4.76. The molecule has 0 unspecified atom stereocenters. The molecule has 5 rings (SSSR count). The Morgan fingerprint density at radius 3 is 2.74 bits per heavy atom. The van der Waals surface area contributed by atoms with Crippen LogP contribution in [0.25, 0.3) is 16.9 Å². The van der Waals surface area contributed by atoms with Gasteiger partial charge in [-0.05, 0) is 68.3 Å². The number of methoxy groups -OCH3 is 1. The monoisotopic (exact) mass is 532 g/mol. The Kier molecular flexibility index (Phi) is 8.33. The number of hydrogen-bond acceptors (Lipinski definition) is 7. The maximum Gasteiger partial charge on any atom is 0.251 e. The third-order valence-electron chi connectivity index (χ3n) is 6.90. The summed E-state index contributed by atoms with van der Waals surface area (Å²) in [6.07, 6.45) is 7.11. The summed E-state index contributed by atoms with van der Waals surface area (Å²) in [5.74, 6) is 0.225. The lowest BCUT2D eigenvalue weighted by Gasteiger charge is -2.26. The summed E-state index contributed by atoms with van der Waals surface area (Å²) in [6.45, 7) is 7.18. The van der Waals surface area contributed by atoms with Crippen molar-refractivity contribution in [1.29, 1.82) is 0 Å². The molecule has 0 radical (unpaired) electrons. The molecule has 10 heteroatoms. The third-order valence-corrected chi connectivity index (χ3v) is 6.90. The highest BCUT2D eigenvalue weighted by Gasteiger charge is 2.15. The van der Waals surface area contributed by atoms with Crippen LogP contribution in [0.5, 0.6) is 5.75 Å². The van der Waals surface area contributed by atoms with Crippen LogP contribution in [0, 0.1) is 12.7 Å². The number of carbonyl (C=O) groups excluding carboxylic acids is 1. The molecule has 1 aliphatic heterocycles. The second kappa shape index (κ2) is 12.2. The second-order valence-electron chi connectivity index (χ2n) is 9.53. The topological polar surface area (TPSA) is 93.0 Å². The van der Waals surface area contributed by atoms with Crippen LogP contribution in [0.2, 0.25) is 0 Å². The van der Waals surface area contributed by atoms with Crippen molar-refractivity contribution >= 4 is 23.1 Å². The first-order valence-corrected chi connectivity index (χ1v) is 13.2. The van der Waals surface area contributed by atoms with Gasteiger partial charge in [0.05, 0.1) is 32.2 Å². The molecule has 1 fully saturated rings. The number of benzene rings is 2. The summed E-state index contributed by atoms with van der Waals surface area (Å²) in [5.41, 5.74) is 4.28. The van der Waals surface area contributed by atoms with Crippen LogP contribution in [-0.4, -0.2) is 71.7 Å². The number of amides is 1. The Morgan fingerprint density at radius 1 is 1.13 bits per heavy atom. The molecule has 3 heterocycles. The lowest BCUT2D eigenvalue weighted by atomic mass is 10.1. The van der Waals surface area contributed by atoms with E-state index in [1.165, 1.54) is 13.2 Å². The molecule has 1 amide bonds. The smallest absolute Gasteiger partial charge is 0.251 e. The lowest BCUT2D eigenvalue weighted by Crippen LogP contribution is -2.37. The van der Waals surface area contributed by atoms with Gasteiger partial charge in [0.1, 0.15) is 0 Å². The van der Waals surface area contributed by atoms with Crippen LogP contribution in [0.15, 0.2) is 55.0 Å². The Balaban J connectivity index is 1.22. The maximum atomic E-state index is 14.3. The minimum atomic E-state index is -0.440. The summed E-state index contributed by atoms with van der Waals surface area (Å²) in [6, 6.07) is 10.4. The summed E-state index contributed by atoms with van der Waals surface area (Å²) >= 11 is 0. The highest BCUT2D eigenvalue weighted by atomic mass is 19.1. The SMILES string of the molecule is COc1ccc(-c2cnc3c(Nc4ccc(C(=O)NCCCCN5CCOCC5)c(C)c4)nccn23)cc1F. The molecule has 4 aromatic rings. The van der Waals surface area contributed by atoms with Crippen molar-refractivity contribution in [2.45, 2.75) is 19.8 Å². The molecule has 0 saturated carbocycles. The van der Waals surface area contributed by atoms with Crippen LogP contribution < -0.4 is 15.4 Å². The van der Waals surface area contributed by atoms with E-state index in [0.29, 0.717) is 29.1 Å². The van der Waals surface area contributed by atoms with Crippen molar-refractivity contribution in [3.05, 3.63) is 71.9 Å². The summed E-state index contributed by atoms with van der Waals surface area (Å²) in [4.78, 5) is 24.1. The number of nitrogens with one attached hydrogen (secondary N) is 2. The van der Waals surface area contributed by atoms with Crippen molar-refractivity contribution in [3.8, 4) is 17.0 Å². The van der Waals surface area contributed by atoms with Gasteiger partial charge in [-0.3, -0.25) is 14.1 Å². The number of rotatable bonds is 10. The lowest BCUT2D eigenvalue weighted by molar-refractivity contribution is 0.0372. The largest absolute Gasteiger partial charge is 0.494 e. The van der Waals surface area contributed by atoms with Gasteiger partial charge in [0.2, 0.25) is 0 Å². The molecule has 39 heavy (non-hydrogen) atoms. The molecule has 1 aliphatic rings. The first-order valence-electron chi connectivity index (χ1n) is 13.2. The van der Waals surface area contributed by atoms with Gasteiger partial charge in [-0.2, -0.15) is 0 Å². The Hall–Kier alpha value is -4.02. The highest BCUT2D eigenvalue weighted by molar-refractivity contribution is 5.96. The van der Waals surface area contributed by atoms with Gasteiger partial charge < -0.3 is 20.1 Å². The quantitative estimate of drug-likeness (QED) is 0.292. The zero-order chi connectivity index (χ0) is 27.2. The molecule has 9 nitrogen and oxygen atoms in total. The van der Waals surface area contributed by atoms with E-state index in [1.807, 2.05) is 29.5 Å². The minimum absolute atomic E-state index is 0.0738. The Labute approximate surface area is 227 Å². The van der Waals surface area contributed by atoms with Crippen LogP contribution in [0.4, 0.5) is 15.9 Å². The fraction of sp³-hybridized carbons (Fsp3) is 0.345. The van der Waals surface area contributed by atoms with Crippen molar-refractivity contribution < 1.29 is 18.7 Å². The number of anilines is 2. The van der Waals surface area contributed by atoms with Gasteiger partial charge >= 0.3 is 0 Å². The number of aryl methyl sites for hydroxylation is 1. The van der Waals surface area contributed by atoms with Gasteiger partial charge in [0.15, 0.2) is 23.0 Å². The van der Waals surface area contributed by atoms with E-state index in [1.54, 1.807) is 30.7 Å². The zero-order valence-corrected chi connectivity index (χ0v) is 22.2. The molecule has 0 aliphatic carbocycles. The molecular formula is C29H33FN6O3. The third kappa shape index (κ3) is 6.18. The number of aromatic nitrogens is 3. The number of carbonyl (C=O) groups is 1. The normalized spacial score (nSPS) is 13.9. The van der Waals surface area contributed by atoms with Crippen molar-refractivity contribution in [1.82, 2.24) is 24.6 Å². The molecule has 0 spiro atoms. The highest BCUT2D eigenvalue weighted by Crippen LogP contribution is 2.28. The van der Waals surface area contributed by atoms with Crippen LogP contribution in [0.1, 0.15) is 28.8 Å². The first kappa shape index (κ1) is 26.6. The van der Waals surface area contributed by atoms with E-state index in [0.717, 1.165) is 62.6 Å². The van der Waals surface area contributed by atoms with Crippen molar-refractivity contribution in [3.63, 3.8) is 0 Å². The van der Waals surface area contributed by atoms with E-state index < -0.39 is 5.82 Å². The summed E-state index contributed by atoms with van der Waals surface area (Å²) in [5, 5.41) is 6.34. The first-order chi connectivity index (χ1) is 19.0.